The molecular formula is C22H16F2N2O2. The van der Waals surface area contributed by atoms with E-state index in [9.17, 15) is 13.6 Å². The van der Waals surface area contributed by atoms with Gasteiger partial charge in [0, 0.05) is 24.4 Å². The lowest BCUT2D eigenvalue weighted by atomic mass is 10.0. The molecule has 0 bridgehead atoms. The van der Waals surface area contributed by atoms with Gasteiger partial charge in [-0.05, 0) is 60.5 Å². The van der Waals surface area contributed by atoms with Crippen LogP contribution in [0.4, 0.5) is 8.78 Å². The van der Waals surface area contributed by atoms with Gasteiger partial charge < -0.3 is 9.73 Å². The monoisotopic (exact) mass is 378 g/mol. The lowest BCUT2D eigenvalue weighted by Gasteiger charge is -2.05. The van der Waals surface area contributed by atoms with Crippen molar-refractivity contribution in [1.82, 2.24) is 10.3 Å². The maximum Gasteiger partial charge on any atom is 0.255 e. The van der Waals surface area contributed by atoms with Crippen LogP contribution in [0.2, 0.25) is 0 Å². The van der Waals surface area contributed by atoms with Gasteiger partial charge in [-0.15, -0.1) is 0 Å². The topological polar surface area (TPSA) is 55.1 Å². The number of aryl methyl sites for hydroxylation is 1. The average Bonchev–Trinajstić information content (AvgIpc) is 3.08. The number of carbonyl (C=O) groups excluding carboxylic acids is 1. The van der Waals surface area contributed by atoms with E-state index in [1.807, 2.05) is 0 Å². The van der Waals surface area contributed by atoms with E-state index in [1.54, 1.807) is 43.5 Å². The van der Waals surface area contributed by atoms with Gasteiger partial charge in [0.2, 0.25) is 5.71 Å². The number of benzene rings is 2. The molecule has 1 amide bonds. The molecule has 28 heavy (non-hydrogen) atoms. The summed E-state index contributed by atoms with van der Waals surface area (Å²) in [6, 6.07) is 12.3. The second-order valence-corrected chi connectivity index (χ2v) is 6.43. The van der Waals surface area contributed by atoms with Gasteiger partial charge in [0.05, 0.1) is 10.9 Å². The van der Waals surface area contributed by atoms with Crippen LogP contribution in [0.3, 0.4) is 0 Å². The fourth-order valence-corrected chi connectivity index (χ4v) is 3.12. The zero-order valence-corrected chi connectivity index (χ0v) is 15.2. The first-order valence-electron chi connectivity index (χ1n) is 8.65. The Balaban J connectivity index is 1.93. The molecule has 140 valence electrons. The molecule has 0 aliphatic heterocycles. The molecule has 0 saturated heterocycles. The van der Waals surface area contributed by atoms with Gasteiger partial charge >= 0.3 is 0 Å². The highest BCUT2D eigenvalue weighted by molar-refractivity contribution is 6.11. The normalized spacial score (nSPS) is 11.0. The molecule has 4 nitrogen and oxygen atoms in total. The standard InChI is InChI=1S/C22H16F2N2O2/c1-12-9-14(5-8-18(12)24)15-10-17-19(21(27)25-2)20(28-22(17)26-11-15)13-3-6-16(23)7-4-13/h3-11H,1-2H3,(H,25,27). The van der Waals surface area contributed by atoms with Crippen molar-refractivity contribution in [2.75, 3.05) is 7.05 Å². The molecule has 2 aromatic carbocycles. The molecule has 0 spiro atoms. The van der Waals surface area contributed by atoms with Crippen molar-refractivity contribution in [1.29, 1.82) is 0 Å². The number of hydrogen-bond donors (Lipinski definition) is 1. The number of halogens is 2. The molecule has 2 heterocycles. The lowest BCUT2D eigenvalue weighted by Crippen LogP contribution is -2.18. The van der Waals surface area contributed by atoms with Crippen LogP contribution in [0.5, 0.6) is 0 Å². The number of rotatable bonds is 3. The Morgan fingerprint density at radius 2 is 1.71 bits per heavy atom. The quantitative estimate of drug-likeness (QED) is 0.539. The van der Waals surface area contributed by atoms with Crippen LogP contribution < -0.4 is 5.32 Å². The summed E-state index contributed by atoms with van der Waals surface area (Å²) in [5.74, 6) is -0.694. The summed E-state index contributed by atoms with van der Waals surface area (Å²) < 4.78 is 32.7. The molecule has 2 aromatic heterocycles. The number of fused-ring (bicyclic) bond motifs is 1. The van der Waals surface area contributed by atoms with E-state index in [0.29, 0.717) is 33.6 Å². The molecule has 0 radical (unpaired) electrons. The highest BCUT2D eigenvalue weighted by atomic mass is 19.1. The third-order valence-electron chi connectivity index (χ3n) is 4.60. The number of amides is 1. The van der Waals surface area contributed by atoms with Crippen LogP contribution in [0.15, 0.2) is 59.1 Å². The molecule has 0 aliphatic rings. The Hall–Kier alpha value is -3.54. The Morgan fingerprint density at radius 1 is 1.00 bits per heavy atom. The summed E-state index contributed by atoms with van der Waals surface area (Å²) >= 11 is 0. The number of hydrogen-bond acceptors (Lipinski definition) is 3. The van der Waals surface area contributed by atoms with E-state index in [1.165, 1.54) is 25.2 Å². The number of aromatic nitrogens is 1. The Morgan fingerprint density at radius 3 is 2.39 bits per heavy atom. The summed E-state index contributed by atoms with van der Waals surface area (Å²) in [5, 5.41) is 3.13. The minimum Gasteiger partial charge on any atom is -0.437 e. The fourth-order valence-electron chi connectivity index (χ4n) is 3.12. The number of furan rings is 1. The van der Waals surface area contributed by atoms with E-state index >= 15 is 0 Å². The van der Waals surface area contributed by atoms with Crippen molar-refractivity contribution in [2.24, 2.45) is 0 Å². The van der Waals surface area contributed by atoms with Gasteiger partial charge in [-0.3, -0.25) is 4.79 Å². The molecule has 4 rings (SSSR count). The number of pyridine rings is 1. The summed E-state index contributed by atoms with van der Waals surface area (Å²) in [6.45, 7) is 1.69. The second-order valence-electron chi connectivity index (χ2n) is 6.43. The molecule has 0 unspecified atom stereocenters. The van der Waals surface area contributed by atoms with E-state index in [-0.39, 0.29) is 17.5 Å². The molecule has 0 fully saturated rings. The number of nitrogens with zero attached hydrogens (tertiary/aromatic N) is 1. The van der Waals surface area contributed by atoms with Gasteiger partial charge in [-0.25, -0.2) is 13.8 Å². The molecule has 4 aromatic rings. The van der Waals surface area contributed by atoms with Crippen molar-refractivity contribution in [3.8, 4) is 22.5 Å². The fraction of sp³-hybridized carbons (Fsp3) is 0.0909. The van der Waals surface area contributed by atoms with Crippen molar-refractivity contribution >= 4 is 17.0 Å². The molecular weight excluding hydrogens is 362 g/mol. The Bertz CT molecular complexity index is 1200. The summed E-state index contributed by atoms with van der Waals surface area (Å²) in [4.78, 5) is 16.9. The zero-order chi connectivity index (χ0) is 19.8. The first kappa shape index (κ1) is 17.9. The SMILES string of the molecule is CNC(=O)c1c(-c2ccc(F)cc2)oc2ncc(-c3ccc(F)c(C)c3)cc12. The van der Waals surface area contributed by atoms with Crippen LogP contribution in [0, 0.1) is 18.6 Å². The van der Waals surface area contributed by atoms with Crippen LogP contribution in [-0.4, -0.2) is 17.9 Å². The van der Waals surface area contributed by atoms with E-state index in [0.717, 1.165) is 11.1 Å². The van der Waals surface area contributed by atoms with E-state index in [4.69, 9.17) is 4.42 Å². The number of carbonyl (C=O) groups is 1. The van der Waals surface area contributed by atoms with E-state index in [2.05, 4.69) is 10.3 Å². The average molecular weight is 378 g/mol. The van der Waals surface area contributed by atoms with Gasteiger partial charge in [-0.2, -0.15) is 0 Å². The predicted molar refractivity (Wildman–Crippen MR) is 103 cm³/mol. The van der Waals surface area contributed by atoms with Crippen LogP contribution >= 0.6 is 0 Å². The van der Waals surface area contributed by atoms with Crippen LogP contribution in [-0.2, 0) is 0 Å². The summed E-state index contributed by atoms with van der Waals surface area (Å²) in [7, 11) is 1.52. The van der Waals surface area contributed by atoms with Crippen molar-refractivity contribution < 1.29 is 18.0 Å². The first-order chi connectivity index (χ1) is 13.5. The molecule has 1 N–H and O–H groups in total. The molecule has 0 saturated carbocycles. The maximum atomic E-state index is 13.6. The first-order valence-corrected chi connectivity index (χ1v) is 8.65. The second kappa shape index (κ2) is 6.88. The van der Waals surface area contributed by atoms with Gasteiger partial charge in [0.15, 0.2) is 0 Å². The van der Waals surface area contributed by atoms with Crippen molar-refractivity contribution in [2.45, 2.75) is 6.92 Å². The Labute approximate surface area is 159 Å². The van der Waals surface area contributed by atoms with Gasteiger partial charge in [0.25, 0.3) is 5.91 Å². The summed E-state index contributed by atoms with van der Waals surface area (Å²) in [6.07, 6.45) is 1.61. The van der Waals surface area contributed by atoms with Gasteiger partial charge in [-0.1, -0.05) is 6.07 Å². The Kier molecular flexibility index (Phi) is 4.39. The highest BCUT2D eigenvalue weighted by Crippen LogP contribution is 2.35. The highest BCUT2D eigenvalue weighted by Gasteiger charge is 2.23. The predicted octanol–water partition coefficient (Wildman–Crippen LogP) is 5.11. The molecule has 6 heteroatoms. The van der Waals surface area contributed by atoms with Gasteiger partial charge in [0.1, 0.15) is 17.4 Å². The number of nitrogens with one attached hydrogen (secondary N) is 1. The van der Waals surface area contributed by atoms with E-state index < -0.39 is 0 Å². The maximum absolute atomic E-state index is 13.6. The smallest absolute Gasteiger partial charge is 0.255 e. The van der Waals surface area contributed by atoms with Crippen LogP contribution in [0.25, 0.3) is 33.6 Å². The molecule has 0 aliphatic carbocycles. The minimum atomic E-state index is -0.381. The lowest BCUT2D eigenvalue weighted by molar-refractivity contribution is 0.0964. The van der Waals surface area contributed by atoms with Crippen molar-refractivity contribution in [3.63, 3.8) is 0 Å². The largest absolute Gasteiger partial charge is 0.437 e. The third-order valence-corrected chi connectivity index (χ3v) is 4.60. The molecule has 0 atom stereocenters. The minimum absolute atomic E-state index is 0.286. The van der Waals surface area contributed by atoms with Crippen molar-refractivity contribution in [3.05, 3.63) is 77.5 Å². The third kappa shape index (κ3) is 3.03. The zero-order valence-electron chi connectivity index (χ0n) is 15.2. The summed E-state index contributed by atoms with van der Waals surface area (Å²) in [5.41, 5.74) is 3.20. The van der Waals surface area contributed by atoms with Crippen LogP contribution in [0.1, 0.15) is 15.9 Å².